The number of hydrogen-bond donors (Lipinski definition) is 1. The van der Waals surface area contributed by atoms with Gasteiger partial charge in [-0.15, -0.1) is 0 Å². The Kier molecular flexibility index (Phi) is 6.26. The third kappa shape index (κ3) is 4.70. The Balaban J connectivity index is 1.47. The topological polar surface area (TPSA) is 124 Å². The molecular formula is C24H26ClN7O3S. The molecule has 2 aliphatic heterocycles. The number of aryl methyl sites for hydroxylation is 1. The Morgan fingerprint density at radius 3 is 2.75 bits per heavy atom. The molecule has 0 aliphatic carbocycles. The van der Waals surface area contributed by atoms with Crippen LogP contribution in [0, 0.1) is 24.2 Å². The van der Waals surface area contributed by atoms with Gasteiger partial charge in [-0.3, -0.25) is 9.52 Å². The average molecular weight is 528 g/mol. The van der Waals surface area contributed by atoms with Crippen LogP contribution in [-0.2, 0) is 10.0 Å². The number of aromatic nitrogens is 3. The molecule has 188 valence electrons. The van der Waals surface area contributed by atoms with Crippen LogP contribution in [0.1, 0.15) is 46.9 Å². The van der Waals surface area contributed by atoms with Gasteiger partial charge in [-0.2, -0.15) is 10.4 Å². The van der Waals surface area contributed by atoms with Gasteiger partial charge in [0.2, 0.25) is 10.0 Å². The Morgan fingerprint density at radius 1 is 1.25 bits per heavy atom. The summed E-state index contributed by atoms with van der Waals surface area (Å²) in [6, 6.07) is 8.44. The maximum atomic E-state index is 13.7. The molecule has 2 aliphatic rings. The number of halogens is 1. The lowest BCUT2D eigenvalue weighted by atomic mass is 9.98. The number of sulfonamides is 1. The Hall–Kier alpha value is -3.36. The highest BCUT2D eigenvalue weighted by Crippen LogP contribution is 2.34. The van der Waals surface area contributed by atoms with E-state index in [1.165, 1.54) is 12.1 Å². The van der Waals surface area contributed by atoms with Crippen LogP contribution < -0.4 is 9.62 Å². The predicted molar refractivity (Wildman–Crippen MR) is 137 cm³/mol. The molecule has 1 amide bonds. The largest absolute Gasteiger partial charge is 0.354 e. The van der Waals surface area contributed by atoms with Gasteiger partial charge in [-0.05, 0) is 44.4 Å². The fourth-order valence-electron chi connectivity index (χ4n) is 4.85. The van der Waals surface area contributed by atoms with E-state index in [0.717, 1.165) is 42.6 Å². The number of nitriles is 1. The number of piperidine rings is 1. The molecule has 1 N–H and O–H groups in total. The number of anilines is 2. The van der Waals surface area contributed by atoms with Crippen LogP contribution in [0.3, 0.4) is 0 Å². The van der Waals surface area contributed by atoms with Gasteiger partial charge in [-0.1, -0.05) is 11.6 Å². The van der Waals surface area contributed by atoms with Crippen molar-refractivity contribution >= 4 is 44.7 Å². The monoisotopic (exact) mass is 527 g/mol. The minimum Gasteiger partial charge on any atom is -0.354 e. The molecule has 36 heavy (non-hydrogen) atoms. The second-order valence-corrected chi connectivity index (χ2v) is 11.6. The molecule has 2 saturated heterocycles. The van der Waals surface area contributed by atoms with Crippen LogP contribution in [0.5, 0.6) is 0 Å². The van der Waals surface area contributed by atoms with E-state index in [4.69, 9.17) is 26.9 Å². The fourth-order valence-corrected chi connectivity index (χ4v) is 5.60. The zero-order chi connectivity index (χ0) is 25.6. The van der Waals surface area contributed by atoms with Crippen LogP contribution in [0.15, 0.2) is 30.5 Å². The van der Waals surface area contributed by atoms with E-state index in [-0.39, 0.29) is 29.1 Å². The average Bonchev–Trinajstić information content (AvgIpc) is 3.21. The van der Waals surface area contributed by atoms with Crippen LogP contribution in [0.2, 0.25) is 5.02 Å². The summed E-state index contributed by atoms with van der Waals surface area (Å²) >= 11 is 6.17. The van der Waals surface area contributed by atoms with E-state index in [1.807, 2.05) is 19.2 Å². The zero-order valence-corrected chi connectivity index (χ0v) is 21.6. The van der Waals surface area contributed by atoms with E-state index in [0.29, 0.717) is 30.3 Å². The third-order valence-corrected chi connectivity index (χ3v) is 7.43. The van der Waals surface area contributed by atoms with E-state index in [1.54, 1.807) is 15.5 Å². The molecule has 4 heterocycles. The zero-order valence-electron chi connectivity index (χ0n) is 20.0. The molecule has 10 nitrogen and oxygen atoms in total. The summed E-state index contributed by atoms with van der Waals surface area (Å²) in [5.41, 5.74) is 2.75. The molecule has 0 saturated carbocycles. The molecule has 2 aromatic heterocycles. The van der Waals surface area contributed by atoms with Crippen molar-refractivity contribution in [3.63, 3.8) is 0 Å². The molecule has 0 unspecified atom stereocenters. The molecule has 0 bridgehead atoms. The van der Waals surface area contributed by atoms with Gasteiger partial charge >= 0.3 is 0 Å². The van der Waals surface area contributed by atoms with Gasteiger partial charge in [0.1, 0.15) is 5.82 Å². The van der Waals surface area contributed by atoms with Gasteiger partial charge in [-0.25, -0.2) is 17.9 Å². The lowest BCUT2D eigenvalue weighted by Crippen LogP contribution is -2.46. The van der Waals surface area contributed by atoms with Crippen molar-refractivity contribution in [1.82, 2.24) is 19.5 Å². The standard InChI is InChI=1S/C24H26ClN7O3S/c1-15-12-32-22(27-23(15)30-13-16(11-26)14-30)10-20(28-32)21-5-3-4-8-31(21)24(33)18-9-17(25)6-7-19(18)29-36(2,34)35/h6-7,9-10,12,16,21,29H,3-5,8,13-14H2,1-2H3/t21-/m0/s1. The minimum atomic E-state index is -3.59. The number of rotatable bonds is 5. The van der Waals surface area contributed by atoms with E-state index in [2.05, 4.69) is 15.7 Å². The highest BCUT2D eigenvalue weighted by atomic mass is 35.5. The Bertz CT molecular complexity index is 1490. The first-order valence-electron chi connectivity index (χ1n) is 11.7. The predicted octanol–water partition coefficient (Wildman–Crippen LogP) is 3.39. The normalized spacial score (nSPS) is 18.7. The fraction of sp³-hybridized carbons (Fsp3) is 0.417. The maximum absolute atomic E-state index is 13.7. The number of nitrogens with zero attached hydrogens (tertiary/aromatic N) is 6. The molecule has 12 heteroatoms. The highest BCUT2D eigenvalue weighted by Gasteiger charge is 2.33. The first-order valence-corrected chi connectivity index (χ1v) is 14.0. The van der Waals surface area contributed by atoms with Crippen LogP contribution in [0.25, 0.3) is 5.65 Å². The SMILES string of the molecule is Cc1cn2nc([C@@H]3CCCCN3C(=O)c3cc(Cl)ccc3NS(C)(=O)=O)cc2nc1N1CC(C#N)C1. The molecule has 0 radical (unpaired) electrons. The third-order valence-electron chi connectivity index (χ3n) is 6.60. The summed E-state index contributed by atoms with van der Waals surface area (Å²) in [5, 5.41) is 14.2. The molecule has 0 spiro atoms. The van der Waals surface area contributed by atoms with E-state index in [9.17, 15) is 13.2 Å². The van der Waals surface area contributed by atoms with Gasteiger partial charge in [0.15, 0.2) is 5.65 Å². The number of benzene rings is 1. The lowest BCUT2D eigenvalue weighted by Gasteiger charge is -2.37. The smallest absolute Gasteiger partial charge is 0.256 e. The summed E-state index contributed by atoms with van der Waals surface area (Å²) in [6.07, 6.45) is 5.46. The molecule has 2 fully saturated rings. The number of carbonyl (C=O) groups is 1. The lowest BCUT2D eigenvalue weighted by molar-refractivity contribution is 0.0607. The van der Waals surface area contributed by atoms with Crippen molar-refractivity contribution in [2.24, 2.45) is 5.92 Å². The van der Waals surface area contributed by atoms with Crippen molar-refractivity contribution in [2.75, 3.05) is 35.5 Å². The Labute approximate surface area is 214 Å². The van der Waals surface area contributed by atoms with Crippen LogP contribution in [-0.4, -0.2) is 59.7 Å². The molecule has 1 atom stereocenters. The van der Waals surface area contributed by atoms with Crippen molar-refractivity contribution < 1.29 is 13.2 Å². The first kappa shape index (κ1) is 24.3. The number of fused-ring (bicyclic) bond motifs is 1. The van der Waals surface area contributed by atoms with Gasteiger partial charge < -0.3 is 9.80 Å². The quantitative estimate of drug-likeness (QED) is 0.539. The Morgan fingerprint density at radius 2 is 2.03 bits per heavy atom. The number of nitrogens with one attached hydrogen (secondary N) is 1. The number of likely N-dealkylation sites (tertiary alicyclic amines) is 1. The summed E-state index contributed by atoms with van der Waals surface area (Å²) in [6.45, 7) is 3.81. The van der Waals surface area contributed by atoms with E-state index < -0.39 is 10.0 Å². The molecular weight excluding hydrogens is 502 g/mol. The van der Waals surface area contributed by atoms with Gasteiger partial charge in [0.05, 0.1) is 41.2 Å². The van der Waals surface area contributed by atoms with Gasteiger partial charge in [0.25, 0.3) is 5.91 Å². The van der Waals surface area contributed by atoms with Crippen molar-refractivity contribution in [3.05, 3.63) is 52.3 Å². The summed E-state index contributed by atoms with van der Waals surface area (Å²) in [4.78, 5) is 22.3. The van der Waals surface area contributed by atoms with E-state index >= 15 is 0 Å². The van der Waals surface area contributed by atoms with Crippen molar-refractivity contribution in [1.29, 1.82) is 5.26 Å². The van der Waals surface area contributed by atoms with Crippen molar-refractivity contribution in [3.8, 4) is 6.07 Å². The van der Waals surface area contributed by atoms with Crippen LogP contribution in [0.4, 0.5) is 11.5 Å². The number of amides is 1. The summed E-state index contributed by atoms with van der Waals surface area (Å²) in [7, 11) is -3.59. The van der Waals surface area contributed by atoms with Gasteiger partial charge in [0, 0.05) is 42.5 Å². The second kappa shape index (κ2) is 9.26. The summed E-state index contributed by atoms with van der Waals surface area (Å²) in [5.74, 6) is 0.559. The van der Waals surface area contributed by atoms with Crippen molar-refractivity contribution in [2.45, 2.75) is 32.2 Å². The molecule has 1 aromatic carbocycles. The highest BCUT2D eigenvalue weighted by molar-refractivity contribution is 7.92. The second-order valence-electron chi connectivity index (χ2n) is 9.42. The maximum Gasteiger partial charge on any atom is 0.256 e. The minimum absolute atomic E-state index is 0.0262. The molecule has 3 aromatic rings. The molecule has 5 rings (SSSR count). The summed E-state index contributed by atoms with van der Waals surface area (Å²) < 4.78 is 27.9. The number of carbonyl (C=O) groups excluding carboxylic acids is 1. The van der Waals surface area contributed by atoms with Crippen LogP contribution >= 0.6 is 11.6 Å². The number of hydrogen-bond acceptors (Lipinski definition) is 7. The first-order chi connectivity index (χ1) is 17.1.